The van der Waals surface area contributed by atoms with Crippen molar-refractivity contribution < 1.29 is 9.47 Å². The molecule has 35 heavy (non-hydrogen) atoms. The van der Waals surface area contributed by atoms with Gasteiger partial charge in [-0.05, 0) is 26.7 Å². The number of hydrogen-bond acceptors (Lipinski definition) is 6. The summed E-state index contributed by atoms with van der Waals surface area (Å²) in [4.78, 5) is 12.5. The molecule has 0 aliphatic rings. The van der Waals surface area contributed by atoms with E-state index in [1.165, 1.54) is 76.9 Å². The summed E-state index contributed by atoms with van der Waals surface area (Å²) in [5, 5.41) is 0. The van der Waals surface area contributed by atoms with Crippen LogP contribution in [-0.4, -0.2) is 46.4 Å². The van der Waals surface area contributed by atoms with Gasteiger partial charge in [0.2, 0.25) is 0 Å². The minimum absolute atomic E-state index is 0.00165. The zero-order valence-electron chi connectivity index (χ0n) is 22.9. The summed E-state index contributed by atoms with van der Waals surface area (Å²) in [5.74, 6) is 0.722. The highest BCUT2D eigenvalue weighted by atomic mass is 16.5. The third-order valence-corrected chi connectivity index (χ3v) is 6.11. The van der Waals surface area contributed by atoms with Crippen molar-refractivity contribution in [1.82, 2.24) is 15.0 Å². The molecule has 6 heteroatoms. The fraction of sp³-hybridized carbons (Fsp3) is 0.759. The van der Waals surface area contributed by atoms with Crippen molar-refractivity contribution in [2.24, 2.45) is 5.73 Å². The molecule has 3 atom stereocenters. The van der Waals surface area contributed by atoms with E-state index in [-0.39, 0.29) is 18.2 Å². The topological polar surface area (TPSA) is 83.2 Å². The van der Waals surface area contributed by atoms with Crippen LogP contribution in [0, 0.1) is 0 Å². The Morgan fingerprint density at radius 1 is 0.800 bits per heavy atom. The van der Waals surface area contributed by atoms with Crippen molar-refractivity contribution in [2.45, 2.75) is 129 Å². The standard InChI is InChI=1S/C29H52N4O2/c1-6-7-8-9-10-11-12-13-14-15-16-26(30)17-27(34-20-24(2)3)18-28(35-21-25(4)5)19-29-32-22-31-23-33-29/h22-23,26-28H,2,4,6-21,30H2,1,3,5H3. The molecule has 0 aliphatic carbocycles. The molecule has 0 amide bonds. The molecule has 0 saturated carbocycles. The minimum atomic E-state index is -0.0752. The summed E-state index contributed by atoms with van der Waals surface area (Å²) in [6, 6.07) is 0.123. The Morgan fingerprint density at radius 3 is 1.86 bits per heavy atom. The highest BCUT2D eigenvalue weighted by molar-refractivity contribution is 4.92. The molecule has 3 unspecified atom stereocenters. The Bertz CT molecular complexity index is 668. The van der Waals surface area contributed by atoms with E-state index < -0.39 is 0 Å². The first kappa shape index (κ1) is 31.4. The molecule has 2 N–H and O–H groups in total. The van der Waals surface area contributed by atoms with E-state index in [9.17, 15) is 0 Å². The second-order valence-electron chi connectivity index (χ2n) is 10.2. The van der Waals surface area contributed by atoms with Gasteiger partial charge in [-0.2, -0.15) is 0 Å². The first-order valence-corrected chi connectivity index (χ1v) is 13.8. The molecule has 1 aromatic heterocycles. The first-order valence-electron chi connectivity index (χ1n) is 13.8. The minimum Gasteiger partial charge on any atom is -0.374 e. The lowest BCUT2D eigenvalue weighted by Gasteiger charge is -2.26. The maximum atomic E-state index is 6.55. The van der Waals surface area contributed by atoms with Gasteiger partial charge in [-0.3, -0.25) is 0 Å². The average Bonchev–Trinajstić information content (AvgIpc) is 2.82. The lowest BCUT2D eigenvalue weighted by atomic mass is 9.97. The molecule has 1 aromatic rings. The number of unbranched alkanes of at least 4 members (excludes halogenated alkanes) is 9. The van der Waals surface area contributed by atoms with Crippen LogP contribution in [0.2, 0.25) is 0 Å². The predicted molar refractivity (Wildman–Crippen MR) is 146 cm³/mol. The van der Waals surface area contributed by atoms with Crippen molar-refractivity contribution in [2.75, 3.05) is 13.2 Å². The van der Waals surface area contributed by atoms with Gasteiger partial charge in [0.1, 0.15) is 18.5 Å². The van der Waals surface area contributed by atoms with Crippen LogP contribution in [-0.2, 0) is 15.9 Å². The molecule has 1 rings (SSSR count). The summed E-state index contributed by atoms with van der Waals surface area (Å²) in [7, 11) is 0. The molecule has 0 spiro atoms. The third-order valence-electron chi connectivity index (χ3n) is 6.11. The first-order chi connectivity index (χ1) is 16.9. The Kier molecular flexibility index (Phi) is 18.4. The Labute approximate surface area is 215 Å². The van der Waals surface area contributed by atoms with Gasteiger partial charge < -0.3 is 15.2 Å². The lowest BCUT2D eigenvalue weighted by molar-refractivity contribution is -0.0107. The van der Waals surface area contributed by atoms with Crippen LogP contribution in [0.1, 0.15) is 110 Å². The van der Waals surface area contributed by atoms with Gasteiger partial charge in [0.15, 0.2) is 0 Å². The predicted octanol–water partition coefficient (Wildman–Crippen LogP) is 6.76. The van der Waals surface area contributed by atoms with Crippen molar-refractivity contribution in [3.05, 3.63) is 42.8 Å². The second kappa shape index (κ2) is 20.6. The molecule has 6 nitrogen and oxygen atoms in total. The van der Waals surface area contributed by atoms with Crippen LogP contribution in [0.4, 0.5) is 0 Å². The molecular weight excluding hydrogens is 436 g/mol. The molecule has 0 radical (unpaired) electrons. The molecule has 0 aromatic carbocycles. The maximum Gasteiger partial charge on any atom is 0.134 e. The fourth-order valence-corrected chi connectivity index (χ4v) is 4.18. The SMILES string of the molecule is C=C(C)COC(Cc1ncncn1)CC(CC(N)CCCCCCCCCCCC)OCC(=C)C. The lowest BCUT2D eigenvalue weighted by Crippen LogP contribution is -2.32. The molecule has 0 aliphatic heterocycles. The van der Waals surface area contributed by atoms with Gasteiger partial charge in [-0.1, -0.05) is 95.4 Å². The average molecular weight is 489 g/mol. The van der Waals surface area contributed by atoms with Crippen LogP contribution >= 0.6 is 0 Å². The molecule has 0 saturated heterocycles. The number of rotatable bonds is 23. The van der Waals surface area contributed by atoms with Crippen molar-refractivity contribution in [3.63, 3.8) is 0 Å². The van der Waals surface area contributed by atoms with Gasteiger partial charge in [-0.15, -0.1) is 0 Å². The van der Waals surface area contributed by atoms with Crippen molar-refractivity contribution >= 4 is 0 Å². The Hall–Kier alpha value is -1.63. The van der Waals surface area contributed by atoms with Gasteiger partial charge in [0.05, 0.1) is 25.4 Å². The van der Waals surface area contributed by atoms with Crippen LogP contribution in [0.25, 0.3) is 0 Å². The number of nitrogens with zero attached hydrogens (tertiary/aromatic N) is 3. The Morgan fingerprint density at radius 2 is 1.31 bits per heavy atom. The summed E-state index contributed by atoms with van der Waals surface area (Å²) in [6.45, 7) is 15.2. The summed E-state index contributed by atoms with van der Waals surface area (Å²) in [6.07, 6.45) is 19.5. The smallest absolute Gasteiger partial charge is 0.134 e. The number of hydrogen-bond donors (Lipinski definition) is 1. The van der Waals surface area contributed by atoms with Gasteiger partial charge in [-0.25, -0.2) is 15.0 Å². The molecule has 200 valence electrons. The van der Waals surface area contributed by atoms with Crippen LogP contribution in [0.5, 0.6) is 0 Å². The largest absolute Gasteiger partial charge is 0.374 e. The van der Waals surface area contributed by atoms with E-state index in [4.69, 9.17) is 15.2 Å². The second-order valence-corrected chi connectivity index (χ2v) is 10.2. The molecular formula is C29H52N4O2. The zero-order chi connectivity index (χ0) is 25.7. The fourth-order valence-electron chi connectivity index (χ4n) is 4.18. The highest BCUT2D eigenvalue weighted by Gasteiger charge is 2.22. The van der Waals surface area contributed by atoms with E-state index in [1.807, 2.05) is 13.8 Å². The summed E-state index contributed by atoms with van der Waals surface area (Å²) >= 11 is 0. The van der Waals surface area contributed by atoms with E-state index in [0.717, 1.165) is 36.2 Å². The zero-order valence-corrected chi connectivity index (χ0v) is 22.9. The van der Waals surface area contributed by atoms with Crippen LogP contribution in [0.3, 0.4) is 0 Å². The Balaban J connectivity index is 2.47. The van der Waals surface area contributed by atoms with E-state index in [1.54, 1.807) is 0 Å². The quantitative estimate of drug-likeness (QED) is 0.135. The van der Waals surface area contributed by atoms with E-state index in [2.05, 4.69) is 35.0 Å². The van der Waals surface area contributed by atoms with Gasteiger partial charge >= 0.3 is 0 Å². The third kappa shape index (κ3) is 18.3. The van der Waals surface area contributed by atoms with Crippen LogP contribution < -0.4 is 5.73 Å². The van der Waals surface area contributed by atoms with E-state index >= 15 is 0 Å². The molecule has 0 bridgehead atoms. The molecule has 1 heterocycles. The number of nitrogens with two attached hydrogens (primary N) is 1. The molecule has 0 fully saturated rings. The van der Waals surface area contributed by atoms with E-state index in [0.29, 0.717) is 19.6 Å². The summed E-state index contributed by atoms with van der Waals surface area (Å²) < 4.78 is 12.4. The summed E-state index contributed by atoms with van der Waals surface area (Å²) in [5.41, 5.74) is 8.55. The van der Waals surface area contributed by atoms with Gasteiger partial charge in [0.25, 0.3) is 0 Å². The van der Waals surface area contributed by atoms with Crippen LogP contribution in [0.15, 0.2) is 37.0 Å². The highest BCUT2D eigenvalue weighted by Crippen LogP contribution is 2.19. The van der Waals surface area contributed by atoms with Crippen molar-refractivity contribution in [3.8, 4) is 0 Å². The van der Waals surface area contributed by atoms with Crippen molar-refractivity contribution in [1.29, 1.82) is 0 Å². The monoisotopic (exact) mass is 488 g/mol. The number of ether oxygens (including phenoxy) is 2. The van der Waals surface area contributed by atoms with Gasteiger partial charge in [0, 0.05) is 18.9 Å². The number of aromatic nitrogens is 3. The maximum absolute atomic E-state index is 6.55. The normalized spacial score (nSPS) is 13.9.